The van der Waals surface area contributed by atoms with Gasteiger partial charge in [0.1, 0.15) is 5.82 Å². The van der Waals surface area contributed by atoms with E-state index in [1.807, 2.05) is 4.90 Å². The van der Waals surface area contributed by atoms with Crippen LogP contribution >= 0.6 is 11.6 Å². The van der Waals surface area contributed by atoms with Crippen molar-refractivity contribution in [1.82, 2.24) is 4.90 Å². The van der Waals surface area contributed by atoms with Gasteiger partial charge in [0.05, 0.1) is 17.8 Å². The fourth-order valence-electron chi connectivity index (χ4n) is 3.29. The summed E-state index contributed by atoms with van der Waals surface area (Å²) in [5, 5.41) is 2.29. The lowest BCUT2D eigenvalue weighted by Crippen LogP contribution is -2.36. The Morgan fingerprint density at radius 1 is 1.03 bits per heavy atom. The van der Waals surface area contributed by atoms with Gasteiger partial charge in [-0.3, -0.25) is 9.69 Å². The zero-order valence-corrected chi connectivity index (χ0v) is 16.2. The normalized spacial score (nSPS) is 15.8. The lowest BCUT2D eigenvalue weighted by molar-refractivity contribution is -0.137. The van der Waals surface area contributed by atoms with E-state index in [0.29, 0.717) is 19.6 Å². The summed E-state index contributed by atoms with van der Waals surface area (Å²) in [7, 11) is 0. The standard InChI is InChI=1S/C20H20ClF4N3O/c21-14-2-7-18(17(12-14)20(23,24)25)26-19(29)13-27-8-1-9-28(11-10-27)16-5-3-15(22)4-6-16/h2-7,12H,1,8-11,13H2,(H,26,29). The molecular weight excluding hydrogens is 410 g/mol. The van der Waals surface area contributed by atoms with Crippen molar-refractivity contribution in [3.63, 3.8) is 0 Å². The minimum absolute atomic E-state index is 0.0167. The molecular formula is C20H20ClF4N3O. The molecule has 0 bridgehead atoms. The van der Waals surface area contributed by atoms with Crippen molar-refractivity contribution in [2.24, 2.45) is 0 Å². The number of rotatable bonds is 4. The Morgan fingerprint density at radius 3 is 2.45 bits per heavy atom. The summed E-state index contributed by atoms with van der Waals surface area (Å²) < 4.78 is 52.6. The van der Waals surface area contributed by atoms with Crippen LogP contribution in [0.4, 0.5) is 28.9 Å². The topological polar surface area (TPSA) is 35.6 Å². The molecule has 0 radical (unpaired) electrons. The van der Waals surface area contributed by atoms with Crippen molar-refractivity contribution >= 4 is 28.9 Å². The lowest BCUT2D eigenvalue weighted by atomic mass is 10.1. The SMILES string of the molecule is O=C(CN1CCCN(c2ccc(F)cc2)CC1)Nc1ccc(Cl)cc1C(F)(F)F. The van der Waals surface area contributed by atoms with Gasteiger partial charge in [0.15, 0.2) is 0 Å². The van der Waals surface area contributed by atoms with Gasteiger partial charge in [-0.2, -0.15) is 13.2 Å². The number of carbonyl (C=O) groups excluding carboxylic acids is 1. The van der Waals surface area contributed by atoms with Crippen LogP contribution in [0.25, 0.3) is 0 Å². The highest BCUT2D eigenvalue weighted by atomic mass is 35.5. The molecule has 3 rings (SSSR count). The zero-order chi connectivity index (χ0) is 21.0. The van der Waals surface area contributed by atoms with E-state index in [0.717, 1.165) is 30.8 Å². The number of carbonyl (C=O) groups is 1. The number of anilines is 2. The van der Waals surface area contributed by atoms with Gasteiger partial charge in [-0.25, -0.2) is 4.39 Å². The number of alkyl halides is 3. The van der Waals surface area contributed by atoms with E-state index >= 15 is 0 Å². The van der Waals surface area contributed by atoms with E-state index < -0.39 is 17.6 Å². The van der Waals surface area contributed by atoms with Crippen LogP contribution in [0.3, 0.4) is 0 Å². The van der Waals surface area contributed by atoms with Crippen molar-refractivity contribution in [3.05, 3.63) is 58.9 Å². The van der Waals surface area contributed by atoms with Crippen LogP contribution in [0.1, 0.15) is 12.0 Å². The van der Waals surface area contributed by atoms with Crippen LogP contribution < -0.4 is 10.2 Å². The second-order valence-electron chi connectivity index (χ2n) is 6.83. The first-order valence-electron chi connectivity index (χ1n) is 9.12. The molecule has 0 saturated carbocycles. The molecule has 0 aliphatic carbocycles. The lowest BCUT2D eigenvalue weighted by Gasteiger charge is -2.23. The van der Waals surface area contributed by atoms with Gasteiger partial charge in [-0.15, -0.1) is 0 Å². The molecule has 29 heavy (non-hydrogen) atoms. The van der Waals surface area contributed by atoms with Crippen LogP contribution in [0.5, 0.6) is 0 Å². The highest BCUT2D eigenvalue weighted by Crippen LogP contribution is 2.36. The van der Waals surface area contributed by atoms with Gasteiger partial charge >= 0.3 is 6.18 Å². The van der Waals surface area contributed by atoms with Gasteiger partial charge in [0.2, 0.25) is 5.91 Å². The third-order valence-electron chi connectivity index (χ3n) is 4.71. The molecule has 0 aromatic heterocycles. The molecule has 0 unspecified atom stereocenters. The van der Waals surface area contributed by atoms with Gasteiger partial charge in [0.25, 0.3) is 0 Å². The quantitative estimate of drug-likeness (QED) is 0.719. The predicted molar refractivity (Wildman–Crippen MR) is 105 cm³/mol. The second kappa shape index (κ2) is 9.00. The maximum atomic E-state index is 13.2. The number of nitrogens with zero attached hydrogens (tertiary/aromatic N) is 2. The van der Waals surface area contributed by atoms with Gasteiger partial charge in [0, 0.05) is 36.9 Å². The van der Waals surface area contributed by atoms with Crippen molar-refractivity contribution in [1.29, 1.82) is 0 Å². The van der Waals surface area contributed by atoms with Crippen molar-refractivity contribution in [2.45, 2.75) is 12.6 Å². The number of hydrogen-bond donors (Lipinski definition) is 1. The second-order valence-corrected chi connectivity index (χ2v) is 7.27. The maximum Gasteiger partial charge on any atom is 0.418 e. The molecule has 1 fully saturated rings. The monoisotopic (exact) mass is 429 g/mol. The fourth-order valence-corrected chi connectivity index (χ4v) is 3.46. The molecule has 0 atom stereocenters. The van der Waals surface area contributed by atoms with E-state index in [4.69, 9.17) is 11.6 Å². The van der Waals surface area contributed by atoms with Crippen LogP contribution in [0, 0.1) is 5.82 Å². The number of hydrogen-bond acceptors (Lipinski definition) is 3. The van der Waals surface area contributed by atoms with Crippen LogP contribution in [-0.2, 0) is 11.0 Å². The molecule has 9 heteroatoms. The molecule has 4 nitrogen and oxygen atoms in total. The molecule has 1 saturated heterocycles. The first kappa shape index (κ1) is 21.4. The summed E-state index contributed by atoms with van der Waals surface area (Å²) in [6, 6.07) is 9.46. The average molecular weight is 430 g/mol. The molecule has 2 aromatic rings. The van der Waals surface area contributed by atoms with E-state index in [1.165, 1.54) is 18.2 Å². The predicted octanol–water partition coefficient (Wildman–Crippen LogP) is 4.65. The van der Waals surface area contributed by atoms with E-state index in [9.17, 15) is 22.4 Å². The van der Waals surface area contributed by atoms with Crippen molar-refractivity contribution in [2.75, 3.05) is 42.9 Å². The zero-order valence-electron chi connectivity index (χ0n) is 15.5. The molecule has 1 aliphatic heterocycles. The largest absolute Gasteiger partial charge is 0.418 e. The summed E-state index contributed by atoms with van der Waals surface area (Å²) in [4.78, 5) is 16.3. The minimum atomic E-state index is -4.62. The van der Waals surface area contributed by atoms with Crippen LogP contribution in [-0.4, -0.2) is 43.5 Å². The fraction of sp³-hybridized carbons (Fsp3) is 0.350. The Labute approximate surface area is 171 Å². The van der Waals surface area contributed by atoms with Gasteiger partial charge in [-0.1, -0.05) is 11.6 Å². The number of halogens is 5. The Balaban J connectivity index is 1.60. The Bertz CT molecular complexity index is 858. The first-order chi connectivity index (χ1) is 13.7. The third-order valence-corrected chi connectivity index (χ3v) is 4.94. The van der Waals surface area contributed by atoms with Crippen LogP contribution in [0.2, 0.25) is 5.02 Å². The number of nitrogens with one attached hydrogen (secondary N) is 1. The molecule has 1 aliphatic rings. The van der Waals surface area contributed by atoms with E-state index in [2.05, 4.69) is 10.2 Å². The Kier molecular flexibility index (Phi) is 6.64. The smallest absolute Gasteiger partial charge is 0.370 e. The van der Waals surface area contributed by atoms with Crippen molar-refractivity contribution < 1.29 is 22.4 Å². The number of amides is 1. The molecule has 156 valence electrons. The first-order valence-corrected chi connectivity index (χ1v) is 9.49. The Morgan fingerprint density at radius 2 is 1.76 bits per heavy atom. The van der Waals surface area contributed by atoms with Crippen LogP contribution in [0.15, 0.2) is 42.5 Å². The third kappa shape index (κ3) is 5.83. The minimum Gasteiger partial charge on any atom is -0.370 e. The highest BCUT2D eigenvalue weighted by molar-refractivity contribution is 6.30. The van der Waals surface area contributed by atoms with E-state index in [1.54, 1.807) is 12.1 Å². The maximum absolute atomic E-state index is 13.2. The summed E-state index contributed by atoms with van der Waals surface area (Å²) >= 11 is 5.66. The average Bonchev–Trinajstić information content (AvgIpc) is 2.88. The molecule has 1 N–H and O–H groups in total. The molecule has 2 aromatic carbocycles. The summed E-state index contributed by atoms with van der Waals surface area (Å²) in [6.45, 7) is 2.57. The number of benzene rings is 2. The van der Waals surface area contributed by atoms with Gasteiger partial charge < -0.3 is 10.2 Å². The Hall–Kier alpha value is -2.32. The van der Waals surface area contributed by atoms with Gasteiger partial charge in [-0.05, 0) is 48.9 Å². The summed E-state index contributed by atoms with van der Waals surface area (Å²) in [5.41, 5.74) is -0.389. The summed E-state index contributed by atoms with van der Waals surface area (Å²) in [6.07, 6.45) is -3.84. The molecule has 1 amide bonds. The van der Waals surface area contributed by atoms with Crippen molar-refractivity contribution in [3.8, 4) is 0 Å². The molecule has 1 heterocycles. The van der Waals surface area contributed by atoms with E-state index in [-0.39, 0.29) is 23.1 Å². The molecule has 0 spiro atoms. The summed E-state index contributed by atoms with van der Waals surface area (Å²) in [5.74, 6) is -0.824. The highest BCUT2D eigenvalue weighted by Gasteiger charge is 2.34.